The molecule has 0 N–H and O–H groups in total. The van der Waals surface area contributed by atoms with Gasteiger partial charge in [-0.3, -0.25) is 9.59 Å². The Kier molecular flexibility index (Phi) is 4.51. The molecule has 0 saturated carbocycles. The molecule has 1 atom stereocenters. The zero-order valence-electron chi connectivity index (χ0n) is 15.2. The molecule has 1 unspecified atom stereocenters. The summed E-state index contributed by atoms with van der Waals surface area (Å²) in [5.41, 5.74) is 1.57. The molecule has 1 aliphatic rings. The second kappa shape index (κ2) is 6.48. The van der Waals surface area contributed by atoms with Gasteiger partial charge in [0.2, 0.25) is 5.91 Å². The van der Waals surface area contributed by atoms with Gasteiger partial charge < -0.3 is 18.9 Å². The first-order valence-corrected chi connectivity index (χ1v) is 8.38. The number of likely N-dealkylation sites (N-methyl/N-ethyl adjacent to an activating group) is 1. The van der Waals surface area contributed by atoms with E-state index in [1.54, 1.807) is 25.9 Å². The van der Waals surface area contributed by atoms with Crippen LogP contribution in [0.1, 0.15) is 18.3 Å². The van der Waals surface area contributed by atoms with Crippen LogP contribution in [0.25, 0.3) is 5.65 Å². The lowest BCUT2D eigenvalue weighted by Gasteiger charge is -2.40. The van der Waals surface area contributed by atoms with E-state index in [1.807, 2.05) is 35.7 Å². The molecule has 1 saturated heterocycles. The number of carbonyl (C=O) groups excluding carboxylic acids is 2. The number of nitrogens with zero attached hydrogens (tertiary/aromatic N) is 4. The third-order valence-corrected chi connectivity index (χ3v) is 4.63. The highest BCUT2D eigenvalue weighted by molar-refractivity contribution is 5.86. The first kappa shape index (κ1) is 17.4. The molecule has 1 aliphatic heterocycles. The average molecular weight is 344 g/mol. The van der Waals surface area contributed by atoms with Crippen LogP contribution in [0.5, 0.6) is 0 Å². The van der Waals surface area contributed by atoms with E-state index in [0.29, 0.717) is 13.2 Å². The molecule has 0 aromatic carbocycles. The summed E-state index contributed by atoms with van der Waals surface area (Å²) in [5.74, 6) is -0.147. The fraction of sp³-hybridized carbons (Fsp3) is 0.500. The minimum atomic E-state index is -0.994. The topological polar surface area (TPSA) is 67.2 Å². The van der Waals surface area contributed by atoms with Crippen LogP contribution >= 0.6 is 0 Å². The average Bonchev–Trinajstić information content (AvgIpc) is 2.90. The Hall–Kier alpha value is -2.41. The van der Waals surface area contributed by atoms with E-state index < -0.39 is 5.60 Å². The SMILES string of the molecule is Cc1nc2ccccn2c1CC(=O)N1CCOC(C)(C(=O)N(C)C)C1. The Morgan fingerprint density at radius 1 is 1.36 bits per heavy atom. The van der Waals surface area contributed by atoms with Gasteiger partial charge in [0.15, 0.2) is 5.60 Å². The van der Waals surface area contributed by atoms with E-state index >= 15 is 0 Å². The Balaban J connectivity index is 1.79. The number of pyridine rings is 1. The van der Waals surface area contributed by atoms with Gasteiger partial charge in [-0.1, -0.05) is 6.07 Å². The Morgan fingerprint density at radius 2 is 2.12 bits per heavy atom. The highest BCUT2D eigenvalue weighted by Crippen LogP contribution is 2.21. The number of aryl methyl sites for hydroxylation is 1. The highest BCUT2D eigenvalue weighted by atomic mass is 16.5. The van der Waals surface area contributed by atoms with E-state index in [-0.39, 0.29) is 24.8 Å². The minimum absolute atomic E-state index is 0.0187. The molecule has 2 aromatic rings. The number of imidazole rings is 1. The van der Waals surface area contributed by atoms with Gasteiger partial charge >= 0.3 is 0 Å². The highest BCUT2D eigenvalue weighted by Gasteiger charge is 2.41. The number of rotatable bonds is 3. The van der Waals surface area contributed by atoms with Crippen LogP contribution in [0.2, 0.25) is 0 Å². The van der Waals surface area contributed by atoms with Crippen molar-refractivity contribution < 1.29 is 14.3 Å². The molecular weight excluding hydrogens is 320 g/mol. The van der Waals surface area contributed by atoms with Crippen molar-refractivity contribution >= 4 is 17.5 Å². The molecule has 25 heavy (non-hydrogen) atoms. The molecule has 3 rings (SSSR count). The van der Waals surface area contributed by atoms with Crippen LogP contribution in [0.15, 0.2) is 24.4 Å². The van der Waals surface area contributed by atoms with Crippen molar-refractivity contribution in [1.82, 2.24) is 19.2 Å². The first-order chi connectivity index (χ1) is 11.8. The normalized spacial score (nSPS) is 20.7. The molecule has 134 valence electrons. The summed E-state index contributed by atoms with van der Waals surface area (Å²) in [6.07, 6.45) is 2.17. The van der Waals surface area contributed by atoms with Crippen molar-refractivity contribution in [2.24, 2.45) is 0 Å². The standard InChI is InChI=1S/C18H24N4O3/c1-13-14(22-8-6-5-7-15(22)19-13)11-16(23)21-9-10-25-18(2,12-21)17(24)20(3)4/h5-8H,9-12H2,1-4H3. The molecule has 2 aromatic heterocycles. The molecule has 3 heterocycles. The fourth-order valence-corrected chi connectivity index (χ4v) is 3.32. The summed E-state index contributed by atoms with van der Waals surface area (Å²) in [4.78, 5) is 32.9. The third kappa shape index (κ3) is 3.24. The maximum atomic E-state index is 12.8. The maximum absolute atomic E-state index is 12.8. The third-order valence-electron chi connectivity index (χ3n) is 4.63. The molecule has 0 radical (unpaired) electrons. The lowest BCUT2D eigenvalue weighted by Crippen LogP contribution is -2.59. The summed E-state index contributed by atoms with van der Waals surface area (Å²) in [6, 6.07) is 5.76. The number of amides is 2. The lowest BCUT2D eigenvalue weighted by molar-refractivity contribution is -0.169. The summed E-state index contributed by atoms with van der Waals surface area (Å²) < 4.78 is 7.64. The quantitative estimate of drug-likeness (QED) is 0.829. The van der Waals surface area contributed by atoms with E-state index in [4.69, 9.17) is 4.74 Å². The van der Waals surface area contributed by atoms with Crippen molar-refractivity contribution in [3.63, 3.8) is 0 Å². The summed E-state index contributed by atoms with van der Waals surface area (Å²) in [7, 11) is 3.39. The van der Waals surface area contributed by atoms with Gasteiger partial charge in [-0.15, -0.1) is 0 Å². The summed E-state index contributed by atoms with van der Waals surface area (Å²) in [6.45, 7) is 4.76. The van der Waals surface area contributed by atoms with Crippen LogP contribution in [0.4, 0.5) is 0 Å². The molecule has 1 fully saturated rings. The maximum Gasteiger partial charge on any atom is 0.255 e. The fourth-order valence-electron chi connectivity index (χ4n) is 3.32. The number of hydrogen-bond donors (Lipinski definition) is 0. The molecule has 7 nitrogen and oxygen atoms in total. The van der Waals surface area contributed by atoms with Crippen molar-refractivity contribution in [2.45, 2.75) is 25.9 Å². The second-order valence-corrected chi connectivity index (χ2v) is 6.84. The van der Waals surface area contributed by atoms with Crippen LogP contribution < -0.4 is 0 Å². The Morgan fingerprint density at radius 3 is 2.84 bits per heavy atom. The predicted molar refractivity (Wildman–Crippen MR) is 93.3 cm³/mol. The molecule has 0 spiro atoms. The van der Waals surface area contributed by atoms with Crippen LogP contribution in [0, 0.1) is 6.92 Å². The Labute approximate surface area is 147 Å². The van der Waals surface area contributed by atoms with E-state index in [1.165, 1.54) is 4.90 Å². The van der Waals surface area contributed by atoms with Crippen LogP contribution in [0.3, 0.4) is 0 Å². The lowest BCUT2D eigenvalue weighted by atomic mass is 10.0. The van der Waals surface area contributed by atoms with Crippen molar-refractivity contribution in [3.05, 3.63) is 35.8 Å². The summed E-state index contributed by atoms with van der Waals surface area (Å²) >= 11 is 0. The molecule has 2 amide bonds. The molecule has 7 heteroatoms. The van der Waals surface area contributed by atoms with Gasteiger partial charge in [-0.2, -0.15) is 0 Å². The number of carbonyl (C=O) groups is 2. The zero-order valence-corrected chi connectivity index (χ0v) is 15.2. The Bertz CT molecular complexity index is 814. The first-order valence-electron chi connectivity index (χ1n) is 8.38. The summed E-state index contributed by atoms with van der Waals surface area (Å²) in [5, 5.41) is 0. The van der Waals surface area contributed by atoms with Gasteiger partial charge in [0.05, 0.1) is 31.0 Å². The van der Waals surface area contributed by atoms with Crippen molar-refractivity contribution in [2.75, 3.05) is 33.8 Å². The van der Waals surface area contributed by atoms with E-state index in [9.17, 15) is 9.59 Å². The predicted octanol–water partition coefficient (Wildman–Crippen LogP) is 0.891. The van der Waals surface area contributed by atoms with Crippen LogP contribution in [-0.4, -0.2) is 70.4 Å². The number of morpholine rings is 1. The van der Waals surface area contributed by atoms with Crippen molar-refractivity contribution in [3.8, 4) is 0 Å². The smallest absolute Gasteiger partial charge is 0.255 e. The number of ether oxygens (including phenoxy) is 1. The second-order valence-electron chi connectivity index (χ2n) is 6.84. The van der Waals surface area contributed by atoms with E-state index in [2.05, 4.69) is 4.98 Å². The van der Waals surface area contributed by atoms with E-state index in [0.717, 1.165) is 17.0 Å². The van der Waals surface area contributed by atoms with Gasteiger partial charge in [-0.05, 0) is 26.0 Å². The number of aromatic nitrogens is 2. The van der Waals surface area contributed by atoms with Gasteiger partial charge in [0.25, 0.3) is 5.91 Å². The zero-order chi connectivity index (χ0) is 18.2. The van der Waals surface area contributed by atoms with Gasteiger partial charge in [-0.25, -0.2) is 4.98 Å². The minimum Gasteiger partial charge on any atom is -0.362 e. The van der Waals surface area contributed by atoms with Gasteiger partial charge in [0, 0.05) is 26.8 Å². The van der Waals surface area contributed by atoms with Crippen molar-refractivity contribution in [1.29, 1.82) is 0 Å². The van der Waals surface area contributed by atoms with Gasteiger partial charge in [0.1, 0.15) is 5.65 Å². The molecule has 0 aliphatic carbocycles. The monoisotopic (exact) mass is 344 g/mol. The largest absolute Gasteiger partial charge is 0.362 e. The number of fused-ring (bicyclic) bond motifs is 1. The number of hydrogen-bond acceptors (Lipinski definition) is 4. The van der Waals surface area contributed by atoms with Crippen LogP contribution in [-0.2, 0) is 20.7 Å². The molecule has 0 bridgehead atoms. The molecular formula is C18H24N4O3.